The van der Waals surface area contributed by atoms with Gasteiger partial charge in [0, 0.05) is 24.3 Å². The van der Waals surface area contributed by atoms with Crippen molar-refractivity contribution in [3.05, 3.63) is 29.3 Å². The second-order valence-electron chi connectivity index (χ2n) is 5.55. The molecule has 1 N–H and O–H groups in total. The van der Waals surface area contributed by atoms with Crippen molar-refractivity contribution in [2.75, 3.05) is 20.3 Å². The number of ether oxygens (including phenoxy) is 2. The molecule has 0 aromatic heterocycles. The van der Waals surface area contributed by atoms with Gasteiger partial charge in [0.25, 0.3) is 0 Å². The van der Waals surface area contributed by atoms with E-state index < -0.39 is 0 Å². The fourth-order valence-corrected chi connectivity index (χ4v) is 2.76. The minimum atomic E-state index is 0.283. The summed E-state index contributed by atoms with van der Waals surface area (Å²) < 4.78 is 10.9. The van der Waals surface area contributed by atoms with E-state index in [0.29, 0.717) is 12.0 Å². The Balaban J connectivity index is 2.06. The molecule has 0 saturated carbocycles. The molecule has 19 heavy (non-hydrogen) atoms. The fourth-order valence-electron chi connectivity index (χ4n) is 2.76. The van der Waals surface area contributed by atoms with Crippen LogP contribution < -0.4 is 10.1 Å². The van der Waals surface area contributed by atoms with Gasteiger partial charge in [-0.25, -0.2) is 0 Å². The van der Waals surface area contributed by atoms with Gasteiger partial charge in [-0.3, -0.25) is 0 Å². The average Bonchev–Trinajstić information content (AvgIpc) is 2.92. The third kappa shape index (κ3) is 3.48. The van der Waals surface area contributed by atoms with Crippen LogP contribution >= 0.6 is 0 Å². The zero-order valence-corrected chi connectivity index (χ0v) is 12.4. The zero-order chi connectivity index (χ0) is 13.8. The third-order valence-electron chi connectivity index (χ3n) is 4.04. The second-order valence-corrected chi connectivity index (χ2v) is 5.55. The number of hydrogen-bond acceptors (Lipinski definition) is 3. The Morgan fingerprint density at radius 1 is 1.37 bits per heavy atom. The topological polar surface area (TPSA) is 30.5 Å². The minimum Gasteiger partial charge on any atom is -0.496 e. The second kappa shape index (κ2) is 6.40. The van der Waals surface area contributed by atoms with E-state index in [2.05, 4.69) is 38.2 Å². The number of hydrogen-bond donors (Lipinski definition) is 1. The van der Waals surface area contributed by atoms with Crippen molar-refractivity contribution in [1.82, 2.24) is 5.32 Å². The summed E-state index contributed by atoms with van der Waals surface area (Å²) in [5.41, 5.74) is 2.49. The molecule has 1 saturated heterocycles. The van der Waals surface area contributed by atoms with E-state index in [-0.39, 0.29) is 6.04 Å². The van der Waals surface area contributed by atoms with Crippen molar-refractivity contribution >= 4 is 0 Å². The van der Waals surface area contributed by atoms with Crippen LogP contribution in [0.1, 0.15) is 37.4 Å². The van der Waals surface area contributed by atoms with Crippen molar-refractivity contribution in [1.29, 1.82) is 0 Å². The molecule has 1 heterocycles. The van der Waals surface area contributed by atoms with Gasteiger partial charge in [0.1, 0.15) is 5.75 Å². The molecular formula is C16H25NO2. The summed E-state index contributed by atoms with van der Waals surface area (Å²) in [5, 5.41) is 3.68. The monoisotopic (exact) mass is 263 g/mol. The molecule has 0 bridgehead atoms. The third-order valence-corrected chi connectivity index (χ3v) is 4.04. The predicted octanol–water partition coefficient (Wildman–Crippen LogP) is 3.08. The van der Waals surface area contributed by atoms with Crippen LogP contribution in [0.15, 0.2) is 18.2 Å². The van der Waals surface area contributed by atoms with Gasteiger partial charge in [-0.15, -0.1) is 0 Å². The molecule has 3 nitrogen and oxygen atoms in total. The summed E-state index contributed by atoms with van der Waals surface area (Å²) in [5.74, 6) is 1.58. The highest BCUT2D eigenvalue weighted by Gasteiger charge is 2.24. The van der Waals surface area contributed by atoms with Gasteiger partial charge in [0.05, 0.1) is 13.7 Å². The molecule has 2 rings (SSSR count). The molecule has 0 spiro atoms. The Morgan fingerprint density at radius 3 is 2.79 bits per heavy atom. The normalized spacial score (nSPS) is 22.2. The number of methoxy groups -OCH3 is 1. The smallest absolute Gasteiger partial charge is 0.123 e. The molecule has 3 atom stereocenters. The average molecular weight is 263 g/mol. The van der Waals surface area contributed by atoms with Crippen LogP contribution in [0.2, 0.25) is 0 Å². The van der Waals surface area contributed by atoms with Crippen LogP contribution in [0.25, 0.3) is 0 Å². The van der Waals surface area contributed by atoms with Crippen LogP contribution in [0.5, 0.6) is 5.75 Å². The van der Waals surface area contributed by atoms with Gasteiger partial charge < -0.3 is 14.8 Å². The fraction of sp³-hybridized carbons (Fsp3) is 0.625. The van der Waals surface area contributed by atoms with E-state index in [9.17, 15) is 0 Å². The van der Waals surface area contributed by atoms with Gasteiger partial charge in [-0.2, -0.15) is 0 Å². The maximum Gasteiger partial charge on any atom is 0.123 e. The van der Waals surface area contributed by atoms with Crippen LogP contribution in [0.3, 0.4) is 0 Å². The minimum absolute atomic E-state index is 0.283. The SMILES string of the molecule is COc1ccc(C)cc1C(C)NC(C)C1CCOC1. The molecule has 0 amide bonds. The molecule has 0 radical (unpaired) electrons. The Morgan fingerprint density at radius 2 is 2.16 bits per heavy atom. The zero-order valence-electron chi connectivity index (χ0n) is 12.4. The number of aryl methyl sites for hydroxylation is 1. The molecule has 1 aromatic carbocycles. The van der Waals surface area contributed by atoms with E-state index >= 15 is 0 Å². The van der Waals surface area contributed by atoms with Gasteiger partial charge in [-0.05, 0) is 39.2 Å². The van der Waals surface area contributed by atoms with Gasteiger partial charge in [0.2, 0.25) is 0 Å². The first-order chi connectivity index (χ1) is 9.11. The largest absolute Gasteiger partial charge is 0.496 e. The molecular weight excluding hydrogens is 238 g/mol. The van der Waals surface area contributed by atoms with Gasteiger partial charge >= 0.3 is 0 Å². The highest BCUT2D eigenvalue weighted by atomic mass is 16.5. The lowest BCUT2D eigenvalue weighted by molar-refractivity contribution is 0.177. The molecule has 106 valence electrons. The Hall–Kier alpha value is -1.06. The highest BCUT2D eigenvalue weighted by Crippen LogP contribution is 2.27. The van der Waals surface area contributed by atoms with Gasteiger partial charge in [-0.1, -0.05) is 17.7 Å². The van der Waals surface area contributed by atoms with E-state index in [1.807, 2.05) is 6.07 Å². The summed E-state index contributed by atoms with van der Waals surface area (Å²) in [6.45, 7) is 8.34. The Bertz CT molecular complexity index is 413. The lowest BCUT2D eigenvalue weighted by Crippen LogP contribution is -2.35. The molecule has 3 unspecified atom stereocenters. The molecule has 1 aliphatic heterocycles. The molecule has 1 aliphatic rings. The molecule has 1 fully saturated rings. The van der Waals surface area contributed by atoms with Gasteiger partial charge in [0.15, 0.2) is 0 Å². The number of rotatable bonds is 5. The first kappa shape index (κ1) is 14.4. The van der Waals surface area contributed by atoms with Crippen LogP contribution in [-0.2, 0) is 4.74 Å². The first-order valence-corrected chi connectivity index (χ1v) is 7.10. The van der Waals surface area contributed by atoms with E-state index in [1.165, 1.54) is 11.1 Å². The molecule has 0 aliphatic carbocycles. The van der Waals surface area contributed by atoms with E-state index in [0.717, 1.165) is 25.4 Å². The van der Waals surface area contributed by atoms with Crippen LogP contribution in [0, 0.1) is 12.8 Å². The van der Waals surface area contributed by atoms with E-state index in [4.69, 9.17) is 9.47 Å². The van der Waals surface area contributed by atoms with Crippen molar-refractivity contribution in [2.24, 2.45) is 5.92 Å². The number of nitrogens with one attached hydrogen (secondary N) is 1. The maximum absolute atomic E-state index is 5.46. The summed E-state index contributed by atoms with van der Waals surface area (Å²) in [6, 6.07) is 7.08. The van der Waals surface area contributed by atoms with Crippen molar-refractivity contribution in [2.45, 2.75) is 39.3 Å². The Labute approximate surface area is 116 Å². The van der Waals surface area contributed by atoms with Crippen LogP contribution in [0.4, 0.5) is 0 Å². The lowest BCUT2D eigenvalue weighted by Gasteiger charge is -2.25. The summed E-state index contributed by atoms with van der Waals surface area (Å²) in [7, 11) is 1.73. The van der Waals surface area contributed by atoms with E-state index in [1.54, 1.807) is 7.11 Å². The first-order valence-electron chi connectivity index (χ1n) is 7.10. The van der Waals surface area contributed by atoms with Crippen LogP contribution in [-0.4, -0.2) is 26.4 Å². The Kier molecular flexibility index (Phi) is 4.83. The number of benzene rings is 1. The highest BCUT2D eigenvalue weighted by molar-refractivity contribution is 5.38. The maximum atomic E-state index is 5.46. The summed E-state index contributed by atoms with van der Waals surface area (Å²) in [4.78, 5) is 0. The predicted molar refractivity (Wildman–Crippen MR) is 77.7 cm³/mol. The van der Waals surface area contributed by atoms with Crippen molar-refractivity contribution in [3.63, 3.8) is 0 Å². The molecule has 3 heteroatoms. The van der Waals surface area contributed by atoms with Crippen molar-refractivity contribution < 1.29 is 9.47 Å². The van der Waals surface area contributed by atoms with Crippen molar-refractivity contribution in [3.8, 4) is 5.75 Å². The summed E-state index contributed by atoms with van der Waals surface area (Å²) in [6.07, 6.45) is 1.16. The lowest BCUT2D eigenvalue weighted by atomic mass is 9.97. The molecule has 1 aromatic rings. The summed E-state index contributed by atoms with van der Waals surface area (Å²) >= 11 is 0. The standard InChI is InChI=1S/C16H25NO2/c1-11-5-6-16(18-4)15(9-11)13(3)17-12(2)14-7-8-19-10-14/h5-6,9,12-14,17H,7-8,10H2,1-4H3. The quantitative estimate of drug-likeness (QED) is 0.885.